The van der Waals surface area contributed by atoms with E-state index < -0.39 is 5.41 Å². The zero-order valence-corrected chi connectivity index (χ0v) is 19.3. The van der Waals surface area contributed by atoms with Crippen LogP contribution in [0, 0.1) is 19.3 Å². The molecule has 31 heavy (non-hydrogen) atoms. The third-order valence-electron chi connectivity index (χ3n) is 6.18. The van der Waals surface area contributed by atoms with Crippen LogP contribution in [-0.2, 0) is 22.7 Å². The van der Waals surface area contributed by atoms with Crippen molar-refractivity contribution >= 4 is 17.0 Å². The number of aliphatic hydroxyl groups is 1. The Kier molecular flexibility index (Phi) is 6.36. The van der Waals surface area contributed by atoms with Crippen molar-refractivity contribution in [2.45, 2.75) is 53.7 Å². The van der Waals surface area contributed by atoms with Gasteiger partial charge < -0.3 is 14.6 Å². The first-order valence-electron chi connectivity index (χ1n) is 10.4. The summed E-state index contributed by atoms with van der Waals surface area (Å²) < 4.78 is 12.7. The van der Waals surface area contributed by atoms with Crippen molar-refractivity contribution in [1.82, 2.24) is 15.0 Å². The number of hydrogen-bond donors (Lipinski definition) is 1. The number of rotatable bonds is 7. The highest BCUT2D eigenvalue weighted by molar-refractivity contribution is 5.87. The number of fused-ring (bicyclic) bond motifs is 1. The number of carbonyl (C=O) groups excluding carboxylic acids is 1. The Balaban J connectivity index is 2.36. The molecule has 0 fully saturated rings. The number of ether oxygens (including phenoxy) is 2. The summed E-state index contributed by atoms with van der Waals surface area (Å²) in [6, 6.07) is 7.91. The number of hydrogen-bond acceptors (Lipinski definition) is 6. The molecule has 0 spiro atoms. The van der Waals surface area contributed by atoms with Gasteiger partial charge in [-0.05, 0) is 68.5 Å². The summed E-state index contributed by atoms with van der Waals surface area (Å²) in [5.41, 5.74) is 5.28. The fourth-order valence-corrected chi connectivity index (χ4v) is 4.35. The second-order valence-electron chi connectivity index (χ2n) is 8.39. The number of esters is 1. The van der Waals surface area contributed by atoms with Crippen molar-refractivity contribution in [3.8, 4) is 5.75 Å². The van der Waals surface area contributed by atoms with E-state index in [-0.39, 0.29) is 18.5 Å². The monoisotopic (exact) mass is 425 g/mol. The quantitative estimate of drug-likeness (QED) is 0.578. The SMILES string of the molecule is CCn1nnc2c(C)c([C@H](c3ccc(C)c(CO)c3)C(C)(C)C(=O)OC)cc(OC)c21. The molecule has 0 radical (unpaired) electrons. The van der Waals surface area contributed by atoms with Gasteiger partial charge in [0.1, 0.15) is 16.8 Å². The fourth-order valence-electron chi connectivity index (χ4n) is 4.35. The van der Waals surface area contributed by atoms with Crippen LogP contribution in [0.2, 0.25) is 0 Å². The average Bonchev–Trinajstić information content (AvgIpc) is 3.20. The maximum atomic E-state index is 12.9. The number of aromatic nitrogens is 3. The molecule has 0 aliphatic rings. The van der Waals surface area contributed by atoms with Crippen LogP contribution in [0.4, 0.5) is 0 Å². The third kappa shape index (κ3) is 3.78. The van der Waals surface area contributed by atoms with E-state index in [4.69, 9.17) is 9.47 Å². The normalized spacial score (nSPS) is 12.8. The predicted molar refractivity (Wildman–Crippen MR) is 119 cm³/mol. The number of aryl methyl sites for hydroxylation is 3. The minimum atomic E-state index is -0.888. The van der Waals surface area contributed by atoms with Gasteiger partial charge in [-0.25, -0.2) is 4.68 Å². The molecule has 0 bridgehead atoms. The molecular weight excluding hydrogens is 394 g/mol. The fraction of sp³-hybridized carbons (Fsp3) is 0.458. The van der Waals surface area contributed by atoms with E-state index in [2.05, 4.69) is 10.3 Å². The highest BCUT2D eigenvalue weighted by atomic mass is 16.5. The van der Waals surface area contributed by atoms with Crippen LogP contribution >= 0.6 is 0 Å². The molecule has 0 aliphatic heterocycles. The van der Waals surface area contributed by atoms with E-state index >= 15 is 0 Å². The Morgan fingerprint density at radius 3 is 2.52 bits per heavy atom. The molecule has 166 valence electrons. The number of nitrogens with zero attached hydrogens (tertiary/aromatic N) is 3. The van der Waals surface area contributed by atoms with Crippen molar-refractivity contribution < 1.29 is 19.4 Å². The van der Waals surface area contributed by atoms with E-state index in [1.165, 1.54) is 7.11 Å². The maximum absolute atomic E-state index is 12.9. The summed E-state index contributed by atoms with van der Waals surface area (Å²) in [6.07, 6.45) is 0. The van der Waals surface area contributed by atoms with Crippen LogP contribution < -0.4 is 4.74 Å². The van der Waals surface area contributed by atoms with Gasteiger partial charge in [-0.2, -0.15) is 0 Å². The number of aliphatic hydroxyl groups excluding tert-OH is 1. The zero-order valence-electron chi connectivity index (χ0n) is 19.3. The summed E-state index contributed by atoms with van der Waals surface area (Å²) in [5.74, 6) is -0.0159. The molecular formula is C24H31N3O4. The highest BCUT2D eigenvalue weighted by Gasteiger charge is 2.41. The molecule has 0 unspecified atom stereocenters. The Bertz CT molecular complexity index is 1120. The van der Waals surface area contributed by atoms with Gasteiger partial charge in [0, 0.05) is 12.5 Å². The molecule has 0 aliphatic carbocycles. The minimum Gasteiger partial charge on any atom is -0.494 e. The summed E-state index contributed by atoms with van der Waals surface area (Å²) in [4.78, 5) is 12.9. The molecule has 0 amide bonds. The van der Waals surface area contributed by atoms with Crippen LogP contribution in [0.1, 0.15) is 54.5 Å². The lowest BCUT2D eigenvalue weighted by Gasteiger charge is -2.34. The third-order valence-corrected chi connectivity index (χ3v) is 6.18. The number of methoxy groups -OCH3 is 2. The van der Waals surface area contributed by atoms with E-state index in [1.807, 2.05) is 58.9 Å². The molecule has 3 rings (SSSR count). The van der Waals surface area contributed by atoms with Gasteiger partial charge in [0.05, 0.1) is 26.2 Å². The van der Waals surface area contributed by atoms with Crippen LogP contribution in [0.3, 0.4) is 0 Å². The van der Waals surface area contributed by atoms with Gasteiger partial charge in [-0.1, -0.05) is 23.4 Å². The molecule has 0 saturated carbocycles. The Labute approximate surface area is 183 Å². The largest absolute Gasteiger partial charge is 0.494 e. The van der Waals surface area contributed by atoms with Gasteiger partial charge in [-0.3, -0.25) is 4.79 Å². The van der Waals surface area contributed by atoms with Gasteiger partial charge in [0.15, 0.2) is 0 Å². The van der Waals surface area contributed by atoms with E-state index in [9.17, 15) is 9.90 Å². The highest BCUT2D eigenvalue weighted by Crippen LogP contribution is 2.46. The van der Waals surface area contributed by atoms with Crippen molar-refractivity contribution in [2.75, 3.05) is 14.2 Å². The van der Waals surface area contributed by atoms with Crippen molar-refractivity contribution in [2.24, 2.45) is 5.41 Å². The van der Waals surface area contributed by atoms with Crippen molar-refractivity contribution in [3.05, 3.63) is 52.1 Å². The Morgan fingerprint density at radius 1 is 1.23 bits per heavy atom. The van der Waals surface area contributed by atoms with Crippen LogP contribution in [-0.4, -0.2) is 40.3 Å². The second kappa shape index (κ2) is 8.67. The summed E-state index contributed by atoms with van der Waals surface area (Å²) >= 11 is 0. The summed E-state index contributed by atoms with van der Waals surface area (Å²) in [6.45, 7) is 10.3. The molecule has 1 heterocycles. The van der Waals surface area contributed by atoms with Crippen LogP contribution in [0.15, 0.2) is 24.3 Å². The van der Waals surface area contributed by atoms with Gasteiger partial charge in [0.2, 0.25) is 0 Å². The average molecular weight is 426 g/mol. The summed E-state index contributed by atoms with van der Waals surface area (Å²) in [7, 11) is 3.02. The maximum Gasteiger partial charge on any atom is 0.312 e. The van der Waals surface area contributed by atoms with Gasteiger partial charge in [0.25, 0.3) is 0 Å². The van der Waals surface area contributed by atoms with E-state index in [0.29, 0.717) is 12.3 Å². The molecule has 1 atom stereocenters. The van der Waals surface area contributed by atoms with Gasteiger partial charge >= 0.3 is 5.97 Å². The van der Waals surface area contributed by atoms with Crippen LogP contribution in [0.5, 0.6) is 5.75 Å². The second-order valence-corrected chi connectivity index (χ2v) is 8.39. The molecule has 3 aromatic rings. The van der Waals surface area contributed by atoms with E-state index in [0.717, 1.165) is 38.9 Å². The number of benzene rings is 2. The Morgan fingerprint density at radius 2 is 1.94 bits per heavy atom. The first-order chi connectivity index (χ1) is 14.7. The lowest BCUT2D eigenvalue weighted by Crippen LogP contribution is -2.34. The zero-order chi connectivity index (χ0) is 22.9. The molecule has 7 nitrogen and oxygen atoms in total. The minimum absolute atomic E-state index is 0.0722. The molecule has 0 saturated heterocycles. The lowest BCUT2D eigenvalue weighted by molar-refractivity contribution is -0.151. The van der Waals surface area contributed by atoms with Crippen molar-refractivity contribution in [3.63, 3.8) is 0 Å². The van der Waals surface area contributed by atoms with E-state index in [1.54, 1.807) is 11.8 Å². The first kappa shape index (κ1) is 22.7. The summed E-state index contributed by atoms with van der Waals surface area (Å²) in [5, 5.41) is 18.5. The Hall–Kier alpha value is -2.93. The number of carbonyl (C=O) groups is 1. The molecule has 2 aromatic carbocycles. The predicted octanol–water partition coefficient (Wildman–Crippen LogP) is 3.90. The lowest BCUT2D eigenvalue weighted by atomic mass is 9.69. The van der Waals surface area contributed by atoms with Crippen molar-refractivity contribution in [1.29, 1.82) is 0 Å². The van der Waals surface area contributed by atoms with Gasteiger partial charge in [-0.15, -0.1) is 5.10 Å². The molecule has 1 N–H and O–H groups in total. The topological polar surface area (TPSA) is 86.5 Å². The first-order valence-corrected chi connectivity index (χ1v) is 10.4. The standard InChI is InChI=1S/C24H31N3O4/c1-8-27-22-19(30-6)12-18(15(3)21(22)25-26-27)20(24(4,5)23(29)31-7)16-10-9-14(2)17(11-16)13-28/h9-12,20,28H,8,13H2,1-7H3/t20-/m0/s1. The van der Waals surface area contributed by atoms with Crippen LogP contribution in [0.25, 0.3) is 11.0 Å². The molecule has 1 aromatic heterocycles. The smallest absolute Gasteiger partial charge is 0.312 e. The molecule has 7 heteroatoms.